The van der Waals surface area contributed by atoms with Crippen molar-refractivity contribution >= 4 is 10.0 Å². The van der Waals surface area contributed by atoms with E-state index in [1.54, 1.807) is 6.07 Å². The highest BCUT2D eigenvalue weighted by atomic mass is 32.2. The van der Waals surface area contributed by atoms with E-state index in [1.165, 1.54) is 4.31 Å². The maximum absolute atomic E-state index is 12.7. The Hall–Kier alpha value is -0.950. The molecule has 21 heavy (non-hydrogen) atoms. The summed E-state index contributed by atoms with van der Waals surface area (Å²) >= 11 is 0. The zero-order valence-electron chi connectivity index (χ0n) is 12.6. The first-order valence-corrected chi connectivity index (χ1v) is 8.69. The molecule has 1 aromatic carbocycles. The number of benzene rings is 1. The van der Waals surface area contributed by atoms with Gasteiger partial charge in [0.1, 0.15) is 0 Å². The molecule has 6 heteroatoms. The minimum Gasteiger partial charge on any atom is -0.394 e. The van der Waals surface area contributed by atoms with Crippen LogP contribution in [0.1, 0.15) is 24.0 Å². The largest absolute Gasteiger partial charge is 0.394 e. The molecule has 118 valence electrons. The summed E-state index contributed by atoms with van der Waals surface area (Å²) < 4.78 is 32.5. The Kier molecular flexibility index (Phi) is 5.37. The average molecular weight is 313 g/mol. The topological polar surface area (TPSA) is 66.8 Å². The fourth-order valence-corrected chi connectivity index (χ4v) is 4.36. The fourth-order valence-electron chi connectivity index (χ4n) is 2.58. The van der Waals surface area contributed by atoms with Crippen LogP contribution in [0.4, 0.5) is 0 Å². The van der Waals surface area contributed by atoms with E-state index in [4.69, 9.17) is 9.84 Å². The molecule has 0 radical (unpaired) electrons. The number of sulfonamides is 1. The van der Waals surface area contributed by atoms with Crippen molar-refractivity contribution in [1.82, 2.24) is 4.31 Å². The molecule has 0 atom stereocenters. The minimum atomic E-state index is -3.43. The van der Waals surface area contributed by atoms with E-state index in [0.717, 1.165) is 11.1 Å². The van der Waals surface area contributed by atoms with E-state index >= 15 is 0 Å². The molecule has 2 rings (SSSR count). The van der Waals surface area contributed by atoms with Crippen molar-refractivity contribution in [2.45, 2.75) is 37.7 Å². The lowest BCUT2D eigenvalue weighted by atomic mass is 10.1. The molecule has 1 N–H and O–H groups in total. The van der Waals surface area contributed by atoms with Gasteiger partial charge in [0.05, 0.1) is 24.2 Å². The lowest BCUT2D eigenvalue weighted by Crippen LogP contribution is -2.41. The van der Waals surface area contributed by atoms with Crippen molar-refractivity contribution in [2.24, 2.45) is 0 Å². The van der Waals surface area contributed by atoms with Crippen LogP contribution < -0.4 is 0 Å². The van der Waals surface area contributed by atoms with Gasteiger partial charge in [0.2, 0.25) is 10.0 Å². The molecule has 1 aliphatic heterocycles. The third-order valence-electron chi connectivity index (χ3n) is 3.81. The highest BCUT2D eigenvalue weighted by Crippen LogP contribution is 2.25. The van der Waals surface area contributed by atoms with Gasteiger partial charge in [0, 0.05) is 13.1 Å². The van der Waals surface area contributed by atoms with Gasteiger partial charge in [-0.25, -0.2) is 8.42 Å². The van der Waals surface area contributed by atoms with Crippen LogP contribution in [0.3, 0.4) is 0 Å². The lowest BCUT2D eigenvalue weighted by molar-refractivity contribution is 0.00318. The van der Waals surface area contributed by atoms with Gasteiger partial charge in [0.25, 0.3) is 0 Å². The third-order valence-corrected chi connectivity index (χ3v) is 5.85. The third kappa shape index (κ3) is 3.83. The Morgan fingerprint density at radius 1 is 1.29 bits per heavy atom. The van der Waals surface area contributed by atoms with Crippen molar-refractivity contribution in [2.75, 3.05) is 26.3 Å². The second-order valence-electron chi connectivity index (χ2n) is 5.47. The number of piperidine rings is 1. The van der Waals surface area contributed by atoms with Crippen LogP contribution in [0.2, 0.25) is 0 Å². The van der Waals surface area contributed by atoms with Gasteiger partial charge in [-0.15, -0.1) is 0 Å². The number of nitrogens with zero attached hydrogens (tertiary/aromatic N) is 1. The van der Waals surface area contributed by atoms with Crippen LogP contribution in [-0.4, -0.2) is 50.2 Å². The molecule has 1 aliphatic rings. The molecule has 0 aliphatic carbocycles. The first-order chi connectivity index (χ1) is 9.95. The van der Waals surface area contributed by atoms with Crippen LogP contribution in [0.25, 0.3) is 0 Å². The Labute approximate surface area is 126 Å². The van der Waals surface area contributed by atoms with Crippen LogP contribution >= 0.6 is 0 Å². The Morgan fingerprint density at radius 3 is 2.57 bits per heavy atom. The summed E-state index contributed by atoms with van der Waals surface area (Å²) in [6, 6.07) is 5.50. The Morgan fingerprint density at radius 2 is 1.95 bits per heavy atom. The molecule has 1 aromatic rings. The molecule has 0 saturated carbocycles. The second kappa shape index (κ2) is 6.87. The zero-order valence-corrected chi connectivity index (χ0v) is 13.4. The molecule has 0 bridgehead atoms. The van der Waals surface area contributed by atoms with Crippen LogP contribution in [0, 0.1) is 13.8 Å². The fraction of sp³-hybridized carbons (Fsp3) is 0.600. The average Bonchev–Trinajstić information content (AvgIpc) is 2.48. The molecular formula is C15H23NO4S. The Bertz CT molecular complexity index is 577. The summed E-state index contributed by atoms with van der Waals surface area (Å²) in [5.74, 6) is 0. The summed E-state index contributed by atoms with van der Waals surface area (Å²) in [6.07, 6.45) is 1.39. The van der Waals surface area contributed by atoms with E-state index < -0.39 is 10.0 Å². The van der Waals surface area contributed by atoms with E-state index in [2.05, 4.69) is 0 Å². The number of ether oxygens (including phenoxy) is 1. The molecule has 1 heterocycles. The monoisotopic (exact) mass is 313 g/mol. The predicted octanol–water partition coefficient (Wildman–Crippen LogP) is 1.47. The SMILES string of the molecule is Cc1ccc(C)c(S(=O)(=O)N2CCC(OCCO)CC2)c1. The van der Waals surface area contributed by atoms with Crippen molar-refractivity contribution in [3.05, 3.63) is 29.3 Å². The van der Waals surface area contributed by atoms with Crippen LogP contribution in [-0.2, 0) is 14.8 Å². The molecule has 0 spiro atoms. The van der Waals surface area contributed by atoms with Crippen molar-refractivity contribution in [1.29, 1.82) is 0 Å². The number of hydrogen-bond acceptors (Lipinski definition) is 4. The van der Waals surface area contributed by atoms with Crippen molar-refractivity contribution < 1.29 is 18.3 Å². The van der Waals surface area contributed by atoms with Crippen molar-refractivity contribution in [3.8, 4) is 0 Å². The first-order valence-electron chi connectivity index (χ1n) is 7.25. The van der Waals surface area contributed by atoms with Gasteiger partial charge >= 0.3 is 0 Å². The summed E-state index contributed by atoms with van der Waals surface area (Å²) in [4.78, 5) is 0.400. The van der Waals surface area contributed by atoms with E-state index in [0.29, 0.717) is 37.4 Å². The molecule has 0 unspecified atom stereocenters. The highest BCUT2D eigenvalue weighted by molar-refractivity contribution is 7.89. The molecule has 0 aromatic heterocycles. The normalized spacial score (nSPS) is 18.0. The quantitative estimate of drug-likeness (QED) is 0.894. The summed E-state index contributed by atoms with van der Waals surface area (Å²) in [5.41, 5.74) is 1.72. The molecular weight excluding hydrogens is 290 g/mol. The standard InChI is InChI=1S/C15H23NO4S/c1-12-3-4-13(2)15(11-12)21(18,19)16-7-5-14(6-8-16)20-10-9-17/h3-4,11,14,17H,5-10H2,1-2H3. The maximum atomic E-state index is 12.7. The summed E-state index contributed by atoms with van der Waals surface area (Å²) in [6.45, 7) is 4.96. The van der Waals surface area contributed by atoms with E-state index in [-0.39, 0.29) is 12.7 Å². The molecule has 0 amide bonds. The van der Waals surface area contributed by atoms with Gasteiger partial charge in [-0.2, -0.15) is 4.31 Å². The lowest BCUT2D eigenvalue weighted by Gasteiger charge is -2.31. The number of aliphatic hydroxyl groups excluding tert-OH is 1. The molecule has 1 fully saturated rings. The molecule has 1 saturated heterocycles. The van der Waals surface area contributed by atoms with Gasteiger partial charge < -0.3 is 9.84 Å². The smallest absolute Gasteiger partial charge is 0.243 e. The van der Waals surface area contributed by atoms with Crippen molar-refractivity contribution in [3.63, 3.8) is 0 Å². The zero-order chi connectivity index (χ0) is 15.5. The van der Waals surface area contributed by atoms with Crippen LogP contribution in [0.15, 0.2) is 23.1 Å². The second-order valence-corrected chi connectivity index (χ2v) is 7.37. The minimum absolute atomic E-state index is 0.000992. The van der Waals surface area contributed by atoms with Crippen LogP contribution in [0.5, 0.6) is 0 Å². The Balaban J connectivity index is 2.10. The summed E-state index contributed by atoms with van der Waals surface area (Å²) in [5, 5.41) is 8.75. The number of aliphatic hydroxyl groups is 1. The first kappa shape index (κ1) is 16.4. The van der Waals surface area contributed by atoms with Gasteiger partial charge in [-0.05, 0) is 43.9 Å². The van der Waals surface area contributed by atoms with E-state index in [9.17, 15) is 8.42 Å². The van der Waals surface area contributed by atoms with Gasteiger partial charge in [0.15, 0.2) is 0 Å². The molecule has 5 nitrogen and oxygen atoms in total. The maximum Gasteiger partial charge on any atom is 0.243 e. The van der Waals surface area contributed by atoms with Gasteiger partial charge in [-0.3, -0.25) is 0 Å². The number of aryl methyl sites for hydroxylation is 2. The predicted molar refractivity (Wildman–Crippen MR) is 80.7 cm³/mol. The van der Waals surface area contributed by atoms with E-state index in [1.807, 2.05) is 26.0 Å². The summed E-state index contributed by atoms with van der Waals surface area (Å²) in [7, 11) is -3.43. The number of rotatable bonds is 5. The highest BCUT2D eigenvalue weighted by Gasteiger charge is 2.30. The number of hydrogen-bond donors (Lipinski definition) is 1. The van der Waals surface area contributed by atoms with Gasteiger partial charge in [-0.1, -0.05) is 12.1 Å².